The summed E-state index contributed by atoms with van der Waals surface area (Å²) < 4.78 is 5.25. The van der Waals surface area contributed by atoms with Crippen molar-refractivity contribution in [3.8, 4) is 11.8 Å². The van der Waals surface area contributed by atoms with Crippen LogP contribution in [0.2, 0.25) is 0 Å². The molecule has 2 aromatic carbocycles. The first-order valence-corrected chi connectivity index (χ1v) is 11.0. The molecule has 0 spiro atoms. The molecule has 1 heterocycles. The molecular weight excluding hydrogens is 402 g/mol. The number of benzene rings is 2. The topological polar surface area (TPSA) is 73.6 Å². The third-order valence-electron chi connectivity index (χ3n) is 5.56. The van der Waals surface area contributed by atoms with E-state index in [1.54, 1.807) is 24.3 Å². The van der Waals surface area contributed by atoms with E-state index < -0.39 is 0 Å². The molecule has 0 unspecified atom stereocenters. The smallest absolute Gasteiger partial charge is 0.253 e. The first kappa shape index (κ1) is 23.1. The van der Waals surface area contributed by atoms with E-state index in [4.69, 9.17) is 10.00 Å². The van der Waals surface area contributed by atoms with Crippen molar-refractivity contribution in [2.75, 3.05) is 26.2 Å². The fourth-order valence-electron chi connectivity index (χ4n) is 3.91. The minimum Gasteiger partial charge on any atom is -0.479 e. The summed E-state index contributed by atoms with van der Waals surface area (Å²) in [4.78, 5) is 29.5. The summed E-state index contributed by atoms with van der Waals surface area (Å²) in [6.07, 6.45) is 5.86. The van der Waals surface area contributed by atoms with Gasteiger partial charge < -0.3 is 14.5 Å². The largest absolute Gasteiger partial charge is 0.479 e. The van der Waals surface area contributed by atoms with Crippen LogP contribution in [0.15, 0.2) is 60.7 Å². The number of piperidine rings is 1. The molecular formula is C26H29N3O3. The molecule has 6 heteroatoms. The predicted molar refractivity (Wildman–Crippen MR) is 124 cm³/mol. The molecule has 0 atom stereocenters. The Morgan fingerprint density at radius 1 is 1.12 bits per heavy atom. The van der Waals surface area contributed by atoms with E-state index in [1.165, 1.54) is 0 Å². The van der Waals surface area contributed by atoms with Gasteiger partial charge in [0, 0.05) is 37.3 Å². The van der Waals surface area contributed by atoms with E-state index in [1.807, 2.05) is 58.3 Å². The number of nitrogens with zero attached hydrogens (tertiary/aromatic N) is 3. The van der Waals surface area contributed by atoms with E-state index in [9.17, 15) is 9.59 Å². The Labute approximate surface area is 189 Å². The zero-order valence-electron chi connectivity index (χ0n) is 18.4. The predicted octanol–water partition coefficient (Wildman–Crippen LogP) is 4.15. The number of carbonyl (C=O) groups is 2. The average molecular weight is 432 g/mol. The molecule has 1 saturated heterocycles. The summed E-state index contributed by atoms with van der Waals surface area (Å²) in [5, 5.41) is 8.58. The Hall–Kier alpha value is -3.59. The Kier molecular flexibility index (Phi) is 8.44. The van der Waals surface area contributed by atoms with E-state index in [0.717, 1.165) is 24.8 Å². The first-order valence-electron chi connectivity index (χ1n) is 11.0. The van der Waals surface area contributed by atoms with Gasteiger partial charge in [-0.15, -0.1) is 0 Å². The van der Waals surface area contributed by atoms with Gasteiger partial charge in [0.15, 0.2) is 6.61 Å². The molecule has 1 fully saturated rings. The van der Waals surface area contributed by atoms with Crippen LogP contribution in [0.1, 0.15) is 42.1 Å². The van der Waals surface area contributed by atoms with Crippen LogP contribution in [0, 0.1) is 11.3 Å². The zero-order chi connectivity index (χ0) is 22.8. The second-order valence-electron chi connectivity index (χ2n) is 7.77. The van der Waals surface area contributed by atoms with E-state index in [-0.39, 0.29) is 24.5 Å². The van der Waals surface area contributed by atoms with Gasteiger partial charge in [-0.25, -0.2) is 0 Å². The van der Waals surface area contributed by atoms with Crippen LogP contribution < -0.4 is 4.74 Å². The van der Waals surface area contributed by atoms with Crippen LogP contribution in [0.5, 0.6) is 5.75 Å². The molecule has 0 radical (unpaired) electrons. The van der Waals surface area contributed by atoms with E-state index in [0.29, 0.717) is 30.9 Å². The summed E-state index contributed by atoms with van der Waals surface area (Å²) in [5.74, 6) is 0.670. The van der Waals surface area contributed by atoms with Gasteiger partial charge in [-0.05, 0) is 55.2 Å². The summed E-state index contributed by atoms with van der Waals surface area (Å²) >= 11 is 0. The highest BCUT2D eigenvalue weighted by Crippen LogP contribution is 2.20. The maximum atomic E-state index is 12.9. The van der Waals surface area contributed by atoms with Crippen LogP contribution in [0.4, 0.5) is 0 Å². The lowest BCUT2D eigenvalue weighted by Gasteiger charge is -2.38. The van der Waals surface area contributed by atoms with Crippen molar-refractivity contribution in [2.24, 2.45) is 0 Å². The van der Waals surface area contributed by atoms with Crippen LogP contribution in [0.3, 0.4) is 0 Å². The lowest BCUT2D eigenvalue weighted by molar-refractivity contribution is -0.129. The fourth-order valence-corrected chi connectivity index (χ4v) is 3.91. The van der Waals surface area contributed by atoms with Crippen LogP contribution >= 0.6 is 0 Å². The Morgan fingerprint density at radius 3 is 2.44 bits per heavy atom. The quantitative estimate of drug-likeness (QED) is 0.589. The summed E-state index contributed by atoms with van der Waals surface area (Å²) in [5.41, 5.74) is 1.60. The van der Waals surface area contributed by atoms with E-state index in [2.05, 4.69) is 6.92 Å². The van der Waals surface area contributed by atoms with Gasteiger partial charge in [-0.3, -0.25) is 9.59 Å². The molecule has 0 saturated carbocycles. The molecule has 32 heavy (non-hydrogen) atoms. The monoisotopic (exact) mass is 431 g/mol. The maximum Gasteiger partial charge on any atom is 0.253 e. The highest BCUT2D eigenvalue weighted by Gasteiger charge is 2.28. The molecule has 6 nitrogen and oxygen atoms in total. The Morgan fingerprint density at radius 2 is 1.81 bits per heavy atom. The zero-order valence-corrected chi connectivity index (χ0v) is 18.4. The van der Waals surface area contributed by atoms with E-state index >= 15 is 0 Å². The molecule has 0 N–H and O–H groups in total. The van der Waals surface area contributed by atoms with Gasteiger partial charge in [0.05, 0.1) is 0 Å². The summed E-state index contributed by atoms with van der Waals surface area (Å²) in [6.45, 7) is 4.08. The number of nitriles is 1. The number of likely N-dealkylation sites (tertiary alicyclic amines) is 1. The Balaban J connectivity index is 1.58. The van der Waals surface area contributed by atoms with Crippen LogP contribution in [-0.4, -0.2) is 53.9 Å². The minimum atomic E-state index is -0.00973. The maximum absolute atomic E-state index is 12.9. The highest BCUT2D eigenvalue weighted by atomic mass is 16.5. The summed E-state index contributed by atoms with van der Waals surface area (Å²) in [6, 6.07) is 18.7. The van der Waals surface area contributed by atoms with Gasteiger partial charge in [-0.1, -0.05) is 37.3 Å². The van der Waals surface area contributed by atoms with Crippen LogP contribution in [0.25, 0.3) is 6.08 Å². The van der Waals surface area contributed by atoms with Gasteiger partial charge in [-0.2, -0.15) is 5.26 Å². The highest BCUT2D eigenvalue weighted by molar-refractivity contribution is 5.94. The van der Waals surface area contributed by atoms with Crippen LogP contribution in [-0.2, 0) is 4.79 Å². The standard InChI is InChI=1S/C26H29N3O3/c1-2-17-29(25(30)13-10-21-8-11-24(12-9-21)32-20-16-27)23-14-18-28(19-15-23)26(31)22-6-4-3-5-7-22/h3-13,23H,2,14-15,17-20H2,1H3/b13-10+. The third kappa shape index (κ3) is 6.21. The number of rotatable bonds is 8. The number of amides is 2. The molecule has 2 aromatic rings. The van der Waals surface area contributed by atoms with Gasteiger partial charge in [0.2, 0.25) is 5.91 Å². The van der Waals surface area contributed by atoms with Crippen molar-refractivity contribution >= 4 is 17.9 Å². The van der Waals surface area contributed by atoms with Crippen molar-refractivity contribution in [3.05, 3.63) is 71.8 Å². The first-order chi connectivity index (χ1) is 15.6. The molecule has 0 aromatic heterocycles. The minimum absolute atomic E-state index is 0.00934. The number of carbonyl (C=O) groups excluding carboxylic acids is 2. The normalized spacial score (nSPS) is 14.2. The number of ether oxygens (including phenoxy) is 1. The summed E-state index contributed by atoms with van der Waals surface area (Å²) in [7, 11) is 0. The molecule has 0 bridgehead atoms. The van der Waals surface area contributed by atoms with Gasteiger partial charge >= 0.3 is 0 Å². The van der Waals surface area contributed by atoms with Crippen molar-refractivity contribution < 1.29 is 14.3 Å². The second-order valence-corrected chi connectivity index (χ2v) is 7.77. The molecule has 1 aliphatic rings. The van der Waals surface area contributed by atoms with Crippen molar-refractivity contribution in [1.82, 2.24) is 9.80 Å². The molecule has 1 aliphatic heterocycles. The van der Waals surface area contributed by atoms with Crippen molar-refractivity contribution in [2.45, 2.75) is 32.2 Å². The molecule has 2 amide bonds. The number of hydrogen-bond donors (Lipinski definition) is 0. The average Bonchev–Trinajstić information content (AvgIpc) is 2.85. The number of hydrogen-bond acceptors (Lipinski definition) is 4. The molecule has 0 aliphatic carbocycles. The lowest BCUT2D eigenvalue weighted by atomic mass is 10.0. The second kappa shape index (κ2) is 11.7. The molecule has 3 rings (SSSR count). The van der Waals surface area contributed by atoms with Gasteiger partial charge in [0.25, 0.3) is 5.91 Å². The SMILES string of the molecule is CCCN(C(=O)/C=C/c1ccc(OCC#N)cc1)C1CCN(C(=O)c2ccccc2)CC1. The van der Waals surface area contributed by atoms with Crippen molar-refractivity contribution in [1.29, 1.82) is 5.26 Å². The lowest BCUT2D eigenvalue weighted by Crippen LogP contribution is -2.48. The Bertz CT molecular complexity index is 956. The molecule has 166 valence electrons. The van der Waals surface area contributed by atoms with Gasteiger partial charge in [0.1, 0.15) is 11.8 Å². The van der Waals surface area contributed by atoms with Crippen molar-refractivity contribution in [3.63, 3.8) is 0 Å². The fraction of sp³-hybridized carbons (Fsp3) is 0.346. The third-order valence-corrected chi connectivity index (χ3v) is 5.56.